The summed E-state index contributed by atoms with van der Waals surface area (Å²) in [6.45, 7) is 9.20. The zero-order valence-corrected chi connectivity index (χ0v) is 7.65. The summed E-state index contributed by atoms with van der Waals surface area (Å²) in [5, 5.41) is 13.5. The van der Waals surface area contributed by atoms with Crippen LogP contribution in [0.5, 0.6) is 0 Å². The first-order valence-corrected chi connectivity index (χ1v) is 4.08. The Hall–Kier alpha value is -2.09. The molecule has 14 heavy (non-hydrogen) atoms. The van der Waals surface area contributed by atoms with Crippen LogP contribution in [0.2, 0.25) is 0 Å². The summed E-state index contributed by atoms with van der Waals surface area (Å²) in [6, 6.07) is 4.37. The van der Waals surface area contributed by atoms with E-state index in [1.54, 1.807) is 12.1 Å². The third kappa shape index (κ3) is 1.98. The Morgan fingerprint density at radius 3 is 2.86 bits per heavy atom. The maximum absolute atomic E-state index is 10.6. The molecule has 1 aromatic rings. The molecule has 0 aliphatic heterocycles. The van der Waals surface area contributed by atoms with Gasteiger partial charge in [-0.1, -0.05) is 6.07 Å². The van der Waals surface area contributed by atoms with E-state index in [1.807, 2.05) is 6.92 Å². The van der Waals surface area contributed by atoms with Gasteiger partial charge in [0.15, 0.2) is 5.69 Å². The number of nitro benzene ring substituents is 1. The van der Waals surface area contributed by atoms with Crippen molar-refractivity contribution in [2.75, 3.05) is 11.9 Å². The summed E-state index contributed by atoms with van der Waals surface area (Å²) >= 11 is 0. The van der Waals surface area contributed by atoms with Gasteiger partial charge >= 0.3 is 0 Å². The number of hydrogen-bond acceptors (Lipinski definition) is 3. The summed E-state index contributed by atoms with van der Waals surface area (Å²) in [5.41, 5.74) is 0.670. The van der Waals surface area contributed by atoms with Crippen molar-refractivity contribution in [2.45, 2.75) is 6.92 Å². The second kappa shape index (κ2) is 4.23. The molecule has 1 N–H and O–H groups in total. The number of benzene rings is 1. The van der Waals surface area contributed by atoms with E-state index in [0.717, 1.165) is 0 Å². The molecular formula is C9H9N3O2. The van der Waals surface area contributed by atoms with Crippen LogP contribution in [0, 0.1) is 16.7 Å². The van der Waals surface area contributed by atoms with E-state index >= 15 is 0 Å². The van der Waals surface area contributed by atoms with Gasteiger partial charge in [-0.15, -0.1) is 0 Å². The maximum Gasteiger partial charge on any atom is 0.282 e. The van der Waals surface area contributed by atoms with Crippen LogP contribution in [0.15, 0.2) is 18.2 Å². The summed E-state index contributed by atoms with van der Waals surface area (Å²) in [6.07, 6.45) is 0. The van der Waals surface area contributed by atoms with Crippen LogP contribution < -0.4 is 5.32 Å². The van der Waals surface area contributed by atoms with E-state index < -0.39 is 4.92 Å². The van der Waals surface area contributed by atoms with Crippen molar-refractivity contribution in [1.82, 2.24) is 0 Å². The maximum atomic E-state index is 10.6. The molecule has 0 bridgehead atoms. The molecular weight excluding hydrogens is 182 g/mol. The number of nitrogens with one attached hydrogen (secondary N) is 1. The van der Waals surface area contributed by atoms with Crippen LogP contribution in [0.3, 0.4) is 0 Å². The molecule has 0 spiro atoms. The Balaban J connectivity index is 3.18. The summed E-state index contributed by atoms with van der Waals surface area (Å²) < 4.78 is 0. The highest BCUT2D eigenvalue weighted by Crippen LogP contribution is 2.28. The van der Waals surface area contributed by atoms with Gasteiger partial charge in [-0.2, -0.15) is 0 Å². The standard InChI is InChI=1S/C9H9N3O2/c1-3-11-8-5-4-7(10-2)6-9(8)12(13)14/h4-6,11H,3H2,1H3. The Morgan fingerprint density at radius 1 is 1.64 bits per heavy atom. The van der Waals surface area contributed by atoms with Crippen LogP contribution in [-0.4, -0.2) is 11.5 Å². The highest BCUT2D eigenvalue weighted by atomic mass is 16.6. The predicted molar refractivity (Wildman–Crippen MR) is 53.5 cm³/mol. The van der Waals surface area contributed by atoms with Crippen LogP contribution in [0.1, 0.15) is 6.92 Å². The summed E-state index contributed by atoms with van der Waals surface area (Å²) in [4.78, 5) is 13.3. The zero-order chi connectivity index (χ0) is 10.6. The van der Waals surface area contributed by atoms with E-state index in [-0.39, 0.29) is 11.4 Å². The predicted octanol–water partition coefficient (Wildman–Crippen LogP) is 2.58. The fraction of sp³-hybridized carbons (Fsp3) is 0.222. The number of hydrogen-bond donors (Lipinski definition) is 1. The molecule has 0 heterocycles. The van der Waals surface area contributed by atoms with Gasteiger partial charge in [-0.3, -0.25) is 10.1 Å². The minimum Gasteiger partial charge on any atom is -0.380 e. The van der Waals surface area contributed by atoms with Gasteiger partial charge in [-0.25, -0.2) is 4.85 Å². The summed E-state index contributed by atoms with van der Waals surface area (Å²) in [7, 11) is 0. The lowest BCUT2D eigenvalue weighted by molar-refractivity contribution is -0.383. The average molecular weight is 191 g/mol. The normalized spacial score (nSPS) is 9.14. The van der Waals surface area contributed by atoms with Crippen molar-refractivity contribution in [2.24, 2.45) is 0 Å². The molecule has 0 amide bonds. The molecule has 0 fully saturated rings. The molecule has 5 heteroatoms. The molecule has 0 atom stereocenters. The molecule has 0 unspecified atom stereocenters. The lowest BCUT2D eigenvalue weighted by Gasteiger charge is -2.03. The monoisotopic (exact) mass is 191 g/mol. The Labute approximate surface area is 81.3 Å². The first-order valence-electron chi connectivity index (χ1n) is 4.08. The fourth-order valence-corrected chi connectivity index (χ4v) is 1.08. The van der Waals surface area contributed by atoms with E-state index in [9.17, 15) is 10.1 Å². The van der Waals surface area contributed by atoms with Gasteiger partial charge in [0.25, 0.3) is 5.69 Å². The van der Waals surface area contributed by atoms with Crippen molar-refractivity contribution < 1.29 is 4.92 Å². The molecule has 5 nitrogen and oxygen atoms in total. The van der Waals surface area contributed by atoms with Crippen molar-refractivity contribution in [1.29, 1.82) is 0 Å². The van der Waals surface area contributed by atoms with Gasteiger partial charge in [-0.05, 0) is 13.0 Å². The molecule has 1 aromatic carbocycles. The van der Waals surface area contributed by atoms with Gasteiger partial charge < -0.3 is 5.32 Å². The van der Waals surface area contributed by atoms with E-state index in [0.29, 0.717) is 12.2 Å². The van der Waals surface area contributed by atoms with Gasteiger partial charge in [0.1, 0.15) is 5.69 Å². The van der Waals surface area contributed by atoms with Crippen LogP contribution in [-0.2, 0) is 0 Å². The molecule has 1 rings (SSSR count). The first-order chi connectivity index (χ1) is 6.69. The number of nitrogens with zero attached hydrogens (tertiary/aromatic N) is 2. The van der Waals surface area contributed by atoms with Crippen LogP contribution >= 0.6 is 0 Å². The quantitative estimate of drug-likeness (QED) is 0.453. The molecule has 0 radical (unpaired) electrons. The lowest BCUT2D eigenvalue weighted by atomic mass is 10.2. The van der Waals surface area contributed by atoms with Crippen molar-refractivity contribution in [3.8, 4) is 0 Å². The smallest absolute Gasteiger partial charge is 0.282 e. The van der Waals surface area contributed by atoms with Crippen molar-refractivity contribution >= 4 is 17.1 Å². The van der Waals surface area contributed by atoms with Crippen molar-refractivity contribution in [3.05, 3.63) is 39.7 Å². The second-order valence-electron chi connectivity index (χ2n) is 2.60. The second-order valence-corrected chi connectivity index (χ2v) is 2.60. The molecule has 0 saturated heterocycles. The van der Waals surface area contributed by atoms with E-state index in [4.69, 9.17) is 6.57 Å². The largest absolute Gasteiger partial charge is 0.380 e. The minimum atomic E-state index is -0.493. The Kier molecular flexibility index (Phi) is 3.02. The van der Waals surface area contributed by atoms with Gasteiger partial charge in [0, 0.05) is 12.6 Å². The highest BCUT2D eigenvalue weighted by Gasteiger charge is 2.13. The number of anilines is 1. The van der Waals surface area contributed by atoms with E-state index in [2.05, 4.69) is 10.2 Å². The number of nitro groups is 1. The highest BCUT2D eigenvalue weighted by molar-refractivity contribution is 5.68. The first kappa shape index (κ1) is 9.99. The van der Waals surface area contributed by atoms with Crippen LogP contribution in [0.4, 0.5) is 17.1 Å². The zero-order valence-electron chi connectivity index (χ0n) is 7.65. The lowest BCUT2D eigenvalue weighted by Crippen LogP contribution is -2.00. The Bertz CT molecular complexity index is 396. The Morgan fingerprint density at radius 2 is 2.36 bits per heavy atom. The molecule has 0 aliphatic carbocycles. The third-order valence-electron chi connectivity index (χ3n) is 1.67. The molecule has 72 valence electrons. The van der Waals surface area contributed by atoms with Crippen LogP contribution in [0.25, 0.3) is 4.85 Å². The average Bonchev–Trinajstić information content (AvgIpc) is 2.18. The molecule has 0 saturated carbocycles. The fourth-order valence-electron chi connectivity index (χ4n) is 1.08. The molecule has 0 aromatic heterocycles. The van der Waals surface area contributed by atoms with Gasteiger partial charge in [0.05, 0.1) is 11.5 Å². The van der Waals surface area contributed by atoms with Gasteiger partial charge in [0.2, 0.25) is 0 Å². The third-order valence-corrected chi connectivity index (χ3v) is 1.67. The van der Waals surface area contributed by atoms with E-state index in [1.165, 1.54) is 6.07 Å². The number of rotatable bonds is 3. The molecule has 0 aliphatic rings. The minimum absolute atomic E-state index is 0.0552. The van der Waals surface area contributed by atoms with Crippen molar-refractivity contribution in [3.63, 3.8) is 0 Å². The SMILES string of the molecule is [C-]#[N+]c1ccc(NCC)c([N+](=O)[O-])c1. The summed E-state index contributed by atoms with van der Waals surface area (Å²) in [5.74, 6) is 0. The topological polar surface area (TPSA) is 59.5 Å².